The number of aryl methyl sites for hydroxylation is 1. The molecule has 24 heavy (non-hydrogen) atoms. The molecule has 0 atom stereocenters. The fourth-order valence-electron chi connectivity index (χ4n) is 2.07. The Kier molecular flexibility index (Phi) is 12.8. The lowest BCUT2D eigenvalue weighted by atomic mass is 10.1. The number of rotatable bonds is 8. The molecular formula is C17H28IN3O2S. The van der Waals surface area contributed by atoms with Gasteiger partial charge in [-0.05, 0) is 43.7 Å². The van der Waals surface area contributed by atoms with E-state index in [0.29, 0.717) is 26.1 Å². The number of benzene rings is 1. The molecular weight excluding hydrogens is 437 g/mol. The van der Waals surface area contributed by atoms with Crippen LogP contribution >= 0.6 is 35.7 Å². The monoisotopic (exact) mass is 465 g/mol. The Morgan fingerprint density at radius 3 is 2.71 bits per heavy atom. The van der Waals surface area contributed by atoms with Crippen LogP contribution in [-0.4, -0.2) is 38.4 Å². The second-order valence-electron chi connectivity index (χ2n) is 5.08. The number of thioether (sulfide) groups is 1. The van der Waals surface area contributed by atoms with Crippen LogP contribution in [0.15, 0.2) is 28.1 Å². The van der Waals surface area contributed by atoms with Gasteiger partial charge in [-0.15, -0.1) is 35.7 Å². The van der Waals surface area contributed by atoms with Crippen LogP contribution in [0.1, 0.15) is 30.9 Å². The number of carbonyl (C=O) groups excluding carboxylic acids is 1. The SMILES string of the molecule is CCOC(=O)CCCNC(=NC)NCc1ccc(C)cc1SC.I. The van der Waals surface area contributed by atoms with Gasteiger partial charge in [0.2, 0.25) is 0 Å². The van der Waals surface area contributed by atoms with E-state index in [1.807, 2.05) is 6.92 Å². The summed E-state index contributed by atoms with van der Waals surface area (Å²) in [6.45, 7) is 5.75. The second-order valence-corrected chi connectivity index (χ2v) is 5.92. The third kappa shape index (κ3) is 8.77. The van der Waals surface area contributed by atoms with Crippen molar-refractivity contribution in [2.75, 3.05) is 26.5 Å². The maximum absolute atomic E-state index is 11.3. The van der Waals surface area contributed by atoms with Gasteiger partial charge in [0.1, 0.15) is 0 Å². The van der Waals surface area contributed by atoms with E-state index in [2.05, 4.69) is 47.0 Å². The molecule has 0 radical (unpaired) electrons. The van der Waals surface area contributed by atoms with Gasteiger partial charge in [0.15, 0.2) is 5.96 Å². The molecule has 7 heteroatoms. The van der Waals surface area contributed by atoms with Crippen molar-refractivity contribution in [3.8, 4) is 0 Å². The molecule has 0 aliphatic rings. The van der Waals surface area contributed by atoms with E-state index < -0.39 is 0 Å². The summed E-state index contributed by atoms with van der Waals surface area (Å²) in [5, 5.41) is 6.51. The third-order valence-electron chi connectivity index (χ3n) is 3.27. The topological polar surface area (TPSA) is 62.7 Å². The summed E-state index contributed by atoms with van der Waals surface area (Å²) >= 11 is 1.75. The van der Waals surface area contributed by atoms with E-state index in [0.717, 1.165) is 12.4 Å². The molecule has 0 heterocycles. The van der Waals surface area contributed by atoms with E-state index in [1.54, 1.807) is 18.8 Å². The molecule has 0 saturated heterocycles. The van der Waals surface area contributed by atoms with Gasteiger partial charge in [-0.25, -0.2) is 0 Å². The average Bonchev–Trinajstić information content (AvgIpc) is 2.55. The molecule has 0 fully saturated rings. The molecule has 1 aromatic carbocycles. The van der Waals surface area contributed by atoms with Crippen LogP contribution in [0.4, 0.5) is 0 Å². The largest absolute Gasteiger partial charge is 0.466 e. The van der Waals surface area contributed by atoms with Gasteiger partial charge in [-0.2, -0.15) is 0 Å². The Balaban J connectivity index is 0.00000529. The van der Waals surface area contributed by atoms with Crippen LogP contribution in [0.3, 0.4) is 0 Å². The number of halogens is 1. The van der Waals surface area contributed by atoms with Gasteiger partial charge >= 0.3 is 5.97 Å². The van der Waals surface area contributed by atoms with Crippen molar-refractivity contribution in [2.24, 2.45) is 4.99 Å². The zero-order valence-corrected chi connectivity index (χ0v) is 18.0. The first kappa shape index (κ1) is 23.0. The predicted molar refractivity (Wildman–Crippen MR) is 112 cm³/mol. The standard InChI is InChI=1S/C17H27N3O2S.HI/c1-5-22-16(21)7-6-10-19-17(18-3)20-12-14-9-8-13(2)11-15(14)23-4;/h8-9,11H,5-7,10,12H2,1-4H3,(H2,18,19,20);1H. The minimum atomic E-state index is -0.151. The highest BCUT2D eigenvalue weighted by atomic mass is 127. The number of guanidine groups is 1. The molecule has 1 aromatic rings. The van der Waals surface area contributed by atoms with Crippen LogP contribution < -0.4 is 10.6 Å². The molecule has 0 aliphatic heterocycles. The number of nitrogens with zero attached hydrogens (tertiary/aromatic N) is 1. The number of esters is 1. The fraction of sp³-hybridized carbons (Fsp3) is 0.529. The molecule has 0 aromatic heterocycles. The molecule has 0 spiro atoms. The maximum Gasteiger partial charge on any atom is 0.305 e. The summed E-state index contributed by atoms with van der Waals surface area (Å²) < 4.78 is 4.90. The molecule has 1 rings (SSSR count). The van der Waals surface area contributed by atoms with E-state index >= 15 is 0 Å². The van der Waals surface area contributed by atoms with Crippen LogP contribution in [0.25, 0.3) is 0 Å². The Bertz CT molecular complexity index is 539. The molecule has 0 amide bonds. The molecule has 136 valence electrons. The van der Waals surface area contributed by atoms with Crippen LogP contribution in [0.2, 0.25) is 0 Å². The van der Waals surface area contributed by atoms with Gasteiger partial charge in [0.25, 0.3) is 0 Å². The molecule has 0 bridgehead atoms. The quantitative estimate of drug-likeness (QED) is 0.154. The van der Waals surface area contributed by atoms with Gasteiger partial charge in [-0.1, -0.05) is 12.1 Å². The van der Waals surface area contributed by atoms with Crippen molar-refractivity contribution in [1.29, 1.82) is 0 Å². The first-order valence-electron chi connectivity index (χ1n) is 7.84. The highest BCUT2D eigenvalue weighted by Gasteiger charge is 2.05. The lowest BCUT2D eigenvalue weighted by Crippen LogP contribution is -2.37. The number of aliphatic imine (C=N–C) groups is 1. The number of hydrogen-bond donors (Lipinski definition) is 2. The van der Waals surface area contributed by atoms with Crippen molar-refractivity contribution in [3.63, 3.8) is 0 Å². The van der Waals surface area contributed by atoms with Crippen LogP contribution in [0.5, 0.6) is 0 Å². The predicted octanol–water partition coefficient (Wildman–Crippen LogP) is 3.34. The first-order valence-corrected chi connectivity index (χ1v) is 9.06. The fourth-order valence-corrected chi connectivity index (χ4v) is 2.78. The summed E-state index contributed by atoms with van der Waals surface area (Å²) in [6, 6.07) is 6.45. The second kappa shape index (κ2) is 13.3. The van der Waals surface area contributed by atoms with Crippen molar-refractivity contribution >= 4 is 47.7 Å². The average molecular weight is 465 g/mol. The van der Waals surface area contributed by atoms with Crippen LogP contribution in [-0.2, 0) is 16.1 Å². The minimum absolute atomic E-state index is 0. The summed E-state index contributed by atoms with van der Waals surface area (Å²) in [4.78, 5) is 16.7. The molecule has 5 nitrogen and oxygen atoms in total. The van der Waals surface area contributed by atoms with Crippen molar-refractivity contribution < 1.29 is 9.53 Å². The number of carbonyl (C=O) groups is 1. The Hall–Kier alpha value is -0.960. The number of hydrogen-bond acceptors (Lipinski definition) is 4. The van der Waals surface area contributed by atoms with Crippen molar-refractivity contribution in [1.82, 2.24) is 10.6 Å². The number of ether oxygens (including phenoxy) is 1. The Morgan fingerprint density at radius 2 is 2.08 bits per heavy atom. The summed E-state index contributed by atoms with van der Waals surface area (Å²) in [6.07, 6.45) is 3.23. The van der Waals surface area contributed by atoms with Crippen LogP contribution in [0, 0.1) is 6.92 Å². The van der Waals surface area contributed by atoms with E-state index in [-0.39, 0.29) is 29.9 Å². The normalized spacial score (nSPS) is 10.8. The van der Waals surface area contributed by atoms with Gasteiger partial charge in [0.05, 0.1) is 6.61 Å². The first-order chi connectivity index (χ1) is 11.1. The highest BCUT2D eigenvalue weighted by Crippen LogP contribution is 2.21. The molecule has 0 aliphatic carbocycles. The van der Waals surface area contributed by atoms with Gasteiger partial charge < -0.3 is 15.4 Å². The zero-order valence-electron chi connectivity index (χ0n) is 14.8. The lowest BCUT2D eigenvalue weighted by Gasteiger charge is -2.14. The highest BCUT2D eigenvalue weighted by molar-refractivity contribution is 14.0. The third-order valence-corrected chi connectivity index (χ3v) is 4.09. The van der Waals surface area contributed by atoms with Gasteiger partial charge in [0, 0.05) is 31.5 Å². The summed E-state index contributed by atoms with van der Waals surface area (Å²) in [7, 11) is 1.74. The van der Waals surface area contributed by atoms with Crippen molar-refractivity contribution in [2.45, 2.75) is 38.1 Å². The smallest absolute Gasteiger partial charge is 0.305 e. The van der Waals surface area contributed by atoms with E-state index in [4.69, 9.17) is 4.74 Å². The summed E-state index contributed by atoms with van der Waals surface area (Å²) in [5.74, 6) is 0.586. The van der Waals surface area contributed by atoms with Crippen molar-refractivity contribution in [3.05, 3.63) is 29.3 Å². The Labute approximate surface area is 166 Å². The van der Waals surface area contributed by atoms with Gasteiger partial charge in [-0.3, -0.25) is 9.79 Å². The molecule has 2 N–H and O–H groups in total. The number of nitrogens with one attached hydrogen (secondary N) is 2. The zero-order chi connectivity index (χ0) is 17.1. The minimum Gasteiger partial charge on any atom is -0.466 e. The molecule has 0 saturated carbocycles. The van der Waals surface area contributed by atoms with E-state index in [9.17, 15) is 4.79 Å². The molecule has 0 unspecified atom stereocenters. The summed E-state index contributed by atoms with van der Waals surface area (Å²) in [5.41, 5.74) is 2.51. The Morgan fingerprint density at radius 1 is 1.33 bits per heavy atom. The lowest BCUT2D eigenvalue weighted by molar-refractivity contribution is -0.143. The van der Waals surface area contributed by atoms with E-state index in [1.165, 1.54) is 16.0 Å². The maximum atomic E-state index is 11.3.